The lowest BCUT2D eigenvalue weighted by Gasteiger charge is -2.32. The number of hydrogen-bond donors (Lipinski definition) is 1. The first-order valence-corrected chi connectivity index (χ1v) is 10.6. The van der Waals surface area contributed by atoms with E-state index in [1.165, 1.54) is 5.56 Å². The van der Waals surface area contributed by atoms with Gasteiger partial charge in [0.05, 0.1) is 12.1 Å². The third kappa shape index (κ3) is 5.09. The van der Waals surface area contributed by atoms with Crippen LogP contribution in [0, 0.1) is 5.92 Å². The van der Waals surface area contributed by atoms with Crippen molar-refractivity contribution in [1.82, 2.24) is 15.2 Å². The maximum absolute atomic E-state index is 12.4. The van der Waals surface area contributed by atoms with Crippen molar-refractivity contribution in [3.05, 3.63) is 47.0 Å². The number of piperidine rings is 1. The summed E-state index contributed by atoms with van der Waals surface area (Å²) >= 11 is 6.13. The minimum absolute atomic E-state index is 0.0114. The van der Waals surface area contributed by atoms with E-state index >= 15 is 0 Å². The zero-order valence-electron chi connectivity index (χ0n) is 16.9. The van der Waals surface area contributed by atoms with Crippen molar-refractivity contribution < 1.29 is 14.2 Å². The Morgan fingerprint density at radius 2 is 2.13 bits per heavy atom. The molecule has 0 aliphatic carbocycles. The summed E-state index contributed by atoms with van der Waals surface area (Å²) in [5.74, 6) is 1.12. The number of halogens is 1. The molecule has 1 fully saturated rings. The number of carbonyl (C=O) groups is 1. The Bertz CT molecular complexity index is 1020. The Labute approximate surface area is 180 Å². The molecule has 1 aliphatic heterocycles. The van der Waals surface area contributed by atoms with E-state index in [1.807, 2.05) is 12.1 Å². The molecular formula is C22H25ClN4O3. The number of nitrogens with zero attached hydrogens (tertiary/aromatic N) is 3. The summed E-state index contributed by atoms with van der Waals surface area (Å²) in [5, 5.41) is 11.2. The number of amides is 1. The van der Waals surface area contributed by atoms with Gasteiger partial charge in [0, 0.05) is 25.2 Å². The number of ether oxygens (including phenoxy) is 1. The smallest absolute Gasteiger partial charge is 0.224 e. The van der Waals surface area contributed by atoms with Crippen LogP contribution >= 0.6 is 11.6 Å². The van der Waals surface area contributed by atoms with Gasteiger partial charge in [0.25, 0.3) is 0 Å². The predicted molar refractivity (Wildman–Crippen MR) is 116 cm³/mol. The fourth-order valence-electron chi connectivity index (χ4n) is 4.02. The van der Waals surface area contributed by atoms with Gasteiger partial charge in [-0.3, -0.25) is 9.69 Å². The zero-order chi connectivity index (χ0) is 20.9. The topological polar surface area (TPSA) is 80.5 Å². The predicted octanol–water partition coefficient (Wildman–Crippen LogP) is 4.52. The van der Waals surface area contributed by atoms with E-state index in [2.05, 4.69) is 26.6 Å². The van der Waals surface area contributed by atoms with Crippen LogP contribution in [0.15, 0.2) is 41.0 Å². The zero-order valence-corrected chi connectivity index (χ0v) is 17.7. The average molecular weight is 429 g/mol. The molecule has 3 aromatic rings. The number of likely N-dealkylation sites (tertiary alicyclic amines) is 1. The van der Waals surface area contributed by atoms with Crippen LogP contribution in [0.1, 0.15) is 31.2 Å². The number of rotatable bonds is 7. The van der Waals surface area contributed by atoms with Gasteiger partial charge in [0.15, 0.2) is 0 Å². The quantitative estimate of drug-likeness (QED) is 0.596. The molecule has 1 unspecified atom stereocenters. The molecule has 0 spiro atoms. The number of fused-ring (bicyclic) bond motifs is 1. The first kappa shape index (κ1) is 20.6. The highest BCUT2D eigenvalue weighted by molar-refractivity contribution is 6.32. The molecule has 30 heavy (non-hydrogen) atoms. The van der Waals surface area contributed by atoms with E-state index in [-0.39, 0.29) is 5.91 Å². The normalized spacial score (nSPS) is 17.2. The number of hydrogen-bond acceptors (Lipinski definition) is 6. The average Bonchev–Trinajstić information content (AvgIpc) is 3.21. The molecule has 2 aromatic carbocycles. The van der Waals surface area contributed by atoms with Crippen LogP contribution in [-0.4, -0.2) is 41.3 Å². The van der Waals surface area contributed by atoms with Crippen molar-refractivity contribution in [1.29, 1.82) is 0 Å². The molecule has 1 atom stereocenters. The summed E-state index contributed by atoms with van der Waals surface area (Å²) in [4.78, 5) is 14.8. The maximum Gasteiger partial charge on any atom is 0.224 e. The highest BCUT2D eigenvalue weighted by Crippen LogP contribution is 2.28. The highest BCUT2D eigenvalue weighted by Gasteiger charge is 2.21. The van der Waals surface area contributed by atoms with Gasteiger partial charge in [-0.1, -0.05) is 17.7 Å². The van der Waals surface area contributed by atoms with E-state index in [9.17, 15) is 4.79 Å². The number of anilines is 1. The molecule has 158 valence electrons. The van der Waals surface area contributed by atoms with E-state index in [0.29, 0.717) is 28.8 Å². The molecule has 1 aromatic heterocycles. The first-order chi connectivity index (χ1) is 14.6. The number of nitrogens with one attached hydrogen (secondary N) is 1. The van der Waals surface area contributed by atoms with Crippen molar-refractivity contribution in [2.75, 3.05) is 25.5 Å². The second-order valence-corrected chi connectivity index (χ2v) is 8.17. The minimum atomic E-state index is 0.0114. The lowest BCUT2D eigenvalue weighted by molar-refractivity contribution is -0.116. The second-order valence-electron chi connectivity index (χ2n) is 7.77. The molecule has 0 saturated carbocycles. The summed E-state index contributed by atoms with van der Waals surface area (Å²) in [7, 11) is 1.57. The molecule has 1 saturated heterocycles. The van der Waals surface area contributed by atoms with E-state index in [4.69, 9.17) is 21.0 Å². The minimum Gasteiger partial charge on any atom is -0.495 e. The molecule has 0 bridgehead atoms. The van der Waals surface area contributed by atoms with E-state index in [0.717, 1.165) is 49.9 Å². The van der Waals surface area contributed by atoms with Crippen LogP contribution in [0.3, 0.4) is 0 Å². The molecule has 0 radical (unpaired) electrons. The Balaban J connectivity index is 1.26. The summed E-state index contributed by atoms with van der Waals surface area (Å²) in [6, 6.07) is 11.3. The van der Waals surface area contributed by atoms with Crippen LogP contribution in [0.4, 0.5) is 5.69 Å². The highest BCUT2D eigenvalue weighted by atomic mass is 35.5. The monoisotopic (exact) mass is 428 g/mol. The largest absolute Gasteiger partial charge is 0.495 e. The Morgan fingerprint density at radius 3 is 2.97 bits per heavy atom. The summed E-state index contributed by atoms with van der Waals surface area (Å²) in [6.45, 7) is 2.94. The third-order valence-corrected chi connectivity index (χ3v) is 5.84. The van der Waals surface area contributed by atoms with Gasteiger partial charge in [-0.2, -0.15) is 0 Å². The Hall–Kier alpha value is -2.64. The summed E-state index contributed by atoms with van der Waals surface area (Å²) < 4.78 is 9.92. The summed E-state index contributed by atoms with van der Waals surface area (Å²) in [6.07, 6.45) is 3.68. The van der Waals surface area contributed by atoms with Crippen LogP contribution in [-0.2, 0) is 11.3 Å². The molecule has 7 nitrogen and oxygen atoms in total. The van der Waals surface area contributed by atoms with Gasteiger partial charge in [0.2, 0.25) is 5.91 Å². The number of benzene rings is 2. The molecule has 2 heterocycles. The van der Waals surface area contributed by atoms with Crippen LogP contribution < -0.4 is 10.1 Å². The molecule has 1 amide bonds. The third-order valence-electron chi connectivity index (χ3n) is 5.54. The van der Waals surface area contributed by atoms with Crippen molar-refractivity contribution in [2.24, 2.45) is 5.92 Å². The molecule has 1 aliphatic rings. The first-order valence-electron chi connectivity index (χ1n) is 10.2. The van der Waals surface area contributed by atoms with Crippen LogP contribution in [0.2, 0.25) is 5.02 Å². The second kappa shape index (κ2) is 9.45. The number of aromatic nitrogens is 2. The Kier molecular flexibility index (Phi) is 6.50. The van der Waals surface area contributed by atoms with Crippen molar-refractivity contribution in [2.45, 2.75) is 32.2 Å². The summed E-state index contributed by atoms with van der Waals surface area (Å²) in [5.41, 5.74) is 3.46. The molecular weight excluding hydrogens is 404 g/mol. The van der Waals surface area contributed by atoms with Gasteiger partial charge in [0.1, 0.15) is 16.8 Å². The Morgan fingerprint density at radius 1 is 1.27 bits per heavy atom. The van der Waals surface area contributed by atoms with Gasteiger partial charge in [-0.15, -0.1) is 0 Å². The van der Waals surface area contributed by atoms with Gasteiger partial charge in [-0.05, 0) is 77.9 Å². The molecule has 1 N–H and O–H groups in total. The van der Waals surface area contributed by atoms with E-state index < -0.39 is 0 Å². The molecule has 4 rings (SSSR count). The fourth-order valence-corrected chi connectivity index (χ4v) is 4.28. The number of methoxy groups -OCH3 is 1. The molecule has 8 heteroatoms. The maximum atomic E-state index is 12.4. The van der Waals surface area contributed by atoms with Crippen molar-refractivity contribution >= 4 is 34.2 Å². The van der Waals surface area contributed by atoms with E-state index in [1.54, 1.807) is 25.3 Å². The fraction of sp³-hybridized carbons (Fsp3) is 0.409. The lowest BCUT2D eigenvalue weighted by atomic mass is 9.93. The standard InChI is InChI=1S/C22H25ClN4O3/c1-29-21-8-6-17(12-18(21)23)24-22(28)9-5-15-3-2-10-27(13-15)14-16-4-7-19-20(11-16)26-30-25-19/h4,6-8,11-12,15H,2-3,5,9-10,13-14H2,1H3,(H,24,28). The van der Waals surface area contributed by atoms with Gasteiger partial charge in [-0.25, -0.2) is 4.63 Å². The van der Waals surface area contributed by atoms with Gasteiger partial charge < -0.3 is 10.1 Å². The van der Waals surface area contributed by atoms with Crippen LogP contribution in [0.25, 0.3) is 11.0 Å². The van der Waals surface area contributed by atoms with Gasteiger partial charge >= 0.3 is 0 Å². The SMILES string of the molecule is COc1ccc(NC(=O)CCC2CCCN(Cc3ccc4nonc4c3)C2)cc1Cl. The lowest BCUT2D eigenvalue weighted by Crippen LogP contribution is -2.35. The van der Waals surface area contributed by atoms with Crippen LogP contribution in [0.5, 0.6) is 5.75 Å². The van der Waals surface area contributed by atoms with Crippen molar-refractivity contribution in [3.63, 3.8) is 0 Å². The number of carbonyl (C=O) groups excluding carboxylic acids is 1. The van der Waals surface area contributed by atoms with Crippen molar-refractivity contribution in [3.8, 4) is 5.75 Å².